The second-order valence-electron chi connectivity index (χ2n) is 5.63. The van der Waals surface area contributed by atoms with Crippen LogP contribution in [0.4, 0.5) is 0 Å². The van der Waals surface area contributed by atoms with Gasteiger partial charge >= 0.3 is 0 Å². The zero-order chi connectivity index (χ0) is 13.5. The number of hydrogen-bond acceptors (Lipinski definition) is 3. The van der Waals surface area contributed by atoms with E-state index < -0.39 is 0 Å². The Morgan fingerprint density at radius 1 is 1.32 bits per heavy atom. The number of nitrogens with zero attached hydrogens (tertiary/aromatic N) is 2. The van der Waals surface area contributed by atoms with Crippen LogP contribution in [0.1, 0.15) is 38.7 Å². The summed E-state index contributed by atoms with van der Waals surface area (Å²) < 4.78 is 0. The van der Waals surface area contributed by atoms with Crippen LogP contribution in [0.15, 0.2) is 24.5 Å². The van der Waals surface area contributed by atoms with Crippen molar-refractivity contribution in [1.29, 1.82) is 0 Å². The first-order valence-corrected chi connectivity index (χ1v) is 7.66. The molecule has 0 radical (unpaired) electrons. The molecule has 1 N–H and O–H groups in total. The quantitative estimate of drug-likeness (QED) is 0.853. The Kier molecular flexibility index (Phi) is 5.80. The molecule has 2 rings (SSSR count). The number of likely N-dealkylation sites (N-methyl/N-ethyl adjacent to an activating group) is 1. The van der Waals surface area contributed by atoms with E-state index in [0.717, 1.165) is 25.6 Å². The summed E-state index contributed by atoms with van der Waals surface area (Å²) >= 11 is 0. The zero-order valence-corrected chi connectivity index (χ0v) is 12.3. The summed E-state index contributed by atoms with van der Waals surface area (Å²) in [4.78, 5) is 6.62. The Morgan fingerprint density at radius 2 is 2.11 bits per heavy atom. The van der Waals surface area contributed by atoms with Gasteiger partial charge in [-0.3, -0.25) is 9.88 Å². The summed E-state index contributed by atoms with van der Waals surface area (Å²) in [6, 6.07) is 4.90. The van der Waals surface area contributed by atoms with Gasteiger partial charge in [-0.05, 0) is 49.5 Å². The van der Waals surface area contributed by atoms with Gasteiger partial charge in [-0.15, -0.1) is 0 Å². The van der Waals surface area contributed by atoms with Crippen molar-refractivity contribution in [2.75, 3.05) is 19.6 Å². The van der Waals surface area contributed by atoms with Gasteiger partial charge in [0.05, 0.1) is 0 Å². The van der Waals surface area contributed by atoms with E-state index in [0.29, 0.717) is 6.04 Å². The summed E-state index contributed by atoms with van der Waals surface area (Å²) in [6.45, 7) is 9.07. The molecule has 1 aliphatic heterocycles. The molecule has 19 heavy (non-hydrogen) atoms. The first kappa shape index (κ1) is 14.5. The maximum absolute atomic E-state index is 4.08. The smallest absolute Gasteiger partial charge is 0.0271 e. The Hall–Kier alpha value is -0.930. The van der Waals surface area contributed by atoms with Crippen molar-refractivity contribution in [2.45, 2.75) is 45.7 Å². The van der Waals surface area contributed by atoms with Gasteiger partial charge in [0.1, 0.15) is 0 Å². The molecule has 2 unspecified atom stereocenters. The molecule has 2 atom stereocenters. The van der Waals surface area contributed by atoms with Gasteiger partial charge in [0.15, 0.2) is 0 Å². The third-order valence-corrected chi connectivity index (χ3v) is 4.26. The van der Waals surface area contributed by atoms with Gasteiger partial charge < -0.3 is 5.32 Å². The van der Waals surface area contributed by atoms with E-state index in [1.807, 2.05) is 12.4 Å². The number of pyridine rings is 1. The average molecular weight is 261 g/mol. The predicted molar refractivity (Wildman–Crippen MR) is 80.0 cm³/mol. The van der Waals surface area contributed by atoms with E-state index in [2.05, 4.69) is 41.2 Å². The monoisotopic (exact) mass is 261 g/mol. The van der Waals surface area contributed by atoms with Gasteiger partial charge in [-0.25, -0.2) is 0 Å². The fraction of sp³-hybridized carbons (Fsp3) is 0.688. The Labute approximate surface area is 117 Å². The molecular formula is C16H27N3. The second kappa shape index (κ2) is 7.61. The third kappa shape index (κ3) is 4.59. The molecular weight excluding hydrogens is 234 g/mol. The largest absolute Gasteiger partial charge is 0.313 e. The summed E-state index contributed by atoms with van der Waals surface area (Å²) in [5.74, 6) is 0.922. The minimum Gasteiger partial charge on any atom is -0.313 e. The van der Waals surface area contributed by atoms with Crippen molar-refractivity contribution in [1.82, 2.24) is 15.2 Å². The summed E-state index contributed by atoms with van der Waals surface area (Å²) in [5.41, 5.74) is 1.36. The predicted octanol–water partition coefficient (Wildman–Crippen LogP) is 2.68. The number of nitrogens with one attached hydrogen (secondary N) is 1. The van der Waals surface area contributed by atoms with E-state index in [9.17, 15) is 0 Å². The number of rotatable bonds is 6. The van der Waals surface area contributed by atoms with Crippen LogP contribution in [-0.2, 0) is 6.54 Å². The highest BCUT2D eigenvalue weighted by atomic mass is 15.1. The van der Waals surface area contributed by atoms with Crippen molar-refractivity contribution >= 4 is 0 Å². The molecule has 1 aliphatic rings. The molecule has 2 heterocycles. The topological polar surface area (TPSA) is 28.2 Å². The SMILES string of the molecule is CCC1CCNC(CN(CC)Cc2ccncc2)C1. The van der Waals surface area contributed by atoms with Crippen LogP contribution in [0.25, 0.3) is 0 Å². The summed E-state index contributed by atoms with van der Waals surface area (Å²) in [6.07, 6.45) is 7.78. The molecule has 0 amide bonds. The molecule has 0 bridgehead atoms. The molecule has 1 aromatic heterocycles. The fourth-order valence-corrected chi connectivity index (χ4v) is 2.97. The first-order chi connectivity index (χ1) is 9.31. The fourth-order valence-electron chi connectivity index (χ4n) is 2.97. The van der Waals surface area contributed by atoms with Crippen LogP contribution in [0.3, 0.4) is 0 Å². The lowest BCUT2D eigenvalue weighted by Crippen LogP contribution is -2.45. The van der Waals surface area contributed by atoms with Gasteiger partial charge in [0, 0.05) is 31.5 Å². The molecule has 1 saturated heterocycles. The van der Waals surface area contributed by atoms with Crippen molar-refractivity contribution in [3.63, 3.8) is 0 Å². The molecule has 0 spiro atoms. The van der Waals surface area contributed by atoms with E-state index in [-0.39, 0.29) is 0 Å². The van der Waals surface area contributed by atoms with E-state index >= 15 is 0 Å². The summed E-state index contributed by atoms with van der Waals surface area (Å²) in [5, 5.41) is 3.68. The first-order valence-electron chi connectivity index (χ1n) is 7.66. The van der Waals surface area contributed by atoms with E-state index in [4.69, 9.17) is 0 Å². The van der Waals surface area contributed by atoms with Crippen LogP contribution < -0.4 is 5.32 Å². The van der Waals surface area contributed by atoms with Gasteiger partial charge in [-0.2, -0.15) is 0 Å². The minimum absolute atomic E-state index is 0.667. The summed E-state index contributed by atoms with van der Waals surface area (Å²) in [7, 11) is 0. The average Bonchev–Trinajstić information content (AvgIpc) is 2.48. The van der Waals surface area contributed by atoms with Crippen LogP contribution in [0, 0.1) is 5.92 Å². The highest BCUT2D eigenvalue weighted by Crippen LogP contribution is 2.20. The third-order valence-electron chi connectivity index (χ3n) is 4.26. The van der Waals surface area contributed by atoms with Crippen LogP contribution >= 0.6 is 0 Å². The lowest BCUT2D eigenvalue weighted by Gasteiger charge is -2.33. The number of aromatic nitrogens is 1. The van der Waals surface area contributed by atoms with Crippen molar-refractivity contribution in [3.8, 4) is 0 Å². The number of hydrogen-bond donors (Lipinski definition) is 1. The normalized spacial score (nSPS) is 23.7. The van der Waals surface area contributed by atoms with Gasteiger partial charge in [0.2, 0.25) is 0 Å². The molecule has 0 saturated carbocycles. The maximum Gasteiger partial charge on any atom is 0.0271 e. The second-order valence-corrected chi connectivity index (χ2v) is 5.63. The molecule has 0 aromatic carbocycles. The molecule has 3 nitrogen and oxygen atoms in total. The minimum atomic E-state index is 0.667. The number of piperidine rings is 1. The van der Waals surface area contributed by atoms with E-state index in [1.54, 1.807) is 0 Å². The zero-order valence-electron chi connectivity index (χ0n) is 12.3. The Bertz CT molecular complexity index is 352. The molecule has 0 aliphatic carbocycles. The van der Waals surface area contributed by atoms with E-state index in [1.165, 1.54) is 31.4 Å². The lowest BCUT2D eigenvalue weighted by atomic mass is 9.90. The van der Waals surface area contributed by atoms with Crippen LogP contribution in [0.2, 0.25) is 0 Å². The highest BCUT2D eigenvalue weighted by molar-refractivity contribution is 5.09. The highest BCUT2D eigenvalue weighted by Gasteiger charge is 2.21. The maximum atomic E-state index is 4.08. The lowest BCUT2D eigenvalue weighted by molar-refractivity contribution is 0.200. The molecule has 1 aromatic rings. The Balaban J connectivity index is 1.85. The van der Waals surface area contributed by atoms with Gasteiger partial charge in [-0.1, -0.05) is 20.3 Å². The van der Waals surface area contributed by atoms with Crippen molar-refractivity contribution in [3.05, 3.63) is 30.1 Å². The molecule has 3 heteroatoms. The van der Waals surface area contributed by atoms with Gasteiger partial charge in [0.25, 0.3) is 0 Å². The Morgan fingerprint density at radius 3 is 2.79 bits per heavy atom. The van der Waals surface area contributed by atoms with Crippen LogP contribution in [-0.4, -0.2) is 35.6 Å². The molecule has 106 valence electrons. The molecule has 1 fully saturated rings. The van der Waals surface area contributed by atoms with Crippen molar-refractivity contribution in [2.24, 2.45) is 5.92 Å². The van der Waals surface area contributed by atoms with Crippen LogP contribution in [0.5, 0.6) is 0 Å². The standard InChI is InChI=1S/C16H27N3/c1-3-14-7-10-18-16(11-14)13-19(4-2)12-15-5-8-17-9-6-15/h5-6,8-9,14,16,18H,3-4,7,10-13H2,1-2H3. The van der Waals surface area contributed by atoms with Crippen molar-refractivity contribution < 1.29 is 0 Å².